The summed E-state index contributed by atoms with van der Waals surface area (Å²) < 4.78 is 2.05. The fourth-order valence-corrected chi connectivity index (χ4v) is 6.76. The molecule has 186 valence electrons. The summed E-state index contributed by atoms with van der Waals surface area (Å²) in [5.74, 6) is -0.0152. The Morgan fingerprint density at radius 3 is 1.44 bits per heavy atom. The second-order valence-electron chi connectivity index (χ2n) is 8.47. The van der Waals surface area contributed by atoms with Crippen molar-refractivity contribution in [2.75, 3.05) is 36.2 Å². The number of rotatable bonds is 4. The van der Waals surface area contributed by atoms with E-state index in [1.807, 2.05) is 6.07 Å². The first-order valence-corrected chi connectivity index (χ1v) is 13.0. The molecule has 0 saturated carbocycles. The minimum atomic E-state index is -0.00758. The Morgan fingerprint density at radius 1 is 0.706 bits per heavy atom. The number of halogens is 2. The van der Waals surface area contributed by atoms with Gasteiger partial charge in [0.1, 0.15) is 0 Å². The maximum atomic E-state index is 12.4. The maximum Gasteiger partial charge on any atom is 0.240 e. The van der Waals surface area contributed by atoms with E-state index in [1.54, 1.807) is 23.9 Å². The van der Waals surface area contributed by atoms with Crippen molar-refractivity contribution in [1.29, 1.82) is 0 Å². The van der Waals surface area contributed by atoms with E-state index in [2.05, 4.69) is 16.1 Å². The molecule has 8 nitrogen and oxygen atoms in total. The third kappa shape index (κ3) is 5.32. The Balaban J connectivity index is 0.00000162. The molecule has 0 unspecified atom stereocenters. The van der Waals surface area contributed by atoms with E-state index < -0.39 is 0 Å². The second kappa shape index (κ2) is 11.5. The molecule has 0 aliphatic carbocycles. The van der Waals surface area contributed by atoms with Gasteiger partial charge in [0.2, 0.25) is 22.1 Å². The van der Waals surface area contributed by atoms with Crippen molar-refractivity contribution in [1.82, 2.24) is 20.0 Å². The summed E-state index contributed by atoms with van der Waals surface area (Å²) >= 11 is 3.07. The summed E-state index contributed by atoms with van der Waals surface area (Å²) in [4.78, 5) is 34.5. The van der Waals surface area contributed by atoms with Crippen LogP contribution in [0.25, 0.3) is 20.4 Å². The SMILES string of the molecule is CC(=O)N(c1nc2cc3nc(N(C(C)=O)N4CCCCC4)sc3cc2s1)N1CCCCC1.Cl.Cl. The Kier molecular flexibility index (Phi) is 9.10. The molecule has 2 aromatic heterocycles. The van der Waals surface area contributed by atoms with Crippen molar-refractivity contribution < 1.29 is 9.59 Å². The number of hydrogen-bond acceptors (Lipinski definition) is 8. The van der Waals surface area contributed by atoms with Crippen LogP contribution in [0.4, 0.5) is 10.3 Å². The zero-order valence-corrected chi connectivity index (χ0v) is 22.6. The number of thiazole rings is 2. The van der Waals surface area contributed by atoms with Crippen LogP contribution in [-0.2, 0) is 9.59 Å². The van der Waals surface area contributed by atoms with Crippen LogP contribution >= 0.6 is 47.5 Å². The predicted molar refractivity (Wildman–Crippen MR) is 144 cm³/mol. The first kappa shape index (κ1) is 27.0. The van der Waals surface area contributed by atoms with Crippen LogP contribution in [0.3, 0.4) is 0 Å². The number of carbonyl (C=O) groups is 2. The number of aromatic nitrogens is 2. The van der Waals surface area contributed by atoms with E-state index >= 15 is 0 Å². The van der Waals surface area contributed by atoms with Crippen LogP contribution in [0.15, 0.2) is 12.1 Å². The summed E-state index contributed by atoms with van der Waals surface area (Å²) in [7, 11) is 0. The van der Waals surface area contributed by atoms with Gasteiger partial charge < -0.3 is 0 Å². The highest BCUT2D eigenvalue weighted by molar-refractivity contribution is 7.24. The van der Waals surface area contributed by atoms with Gasteiger partial charge >= 0.3 is 0 Å². The van der Waals surface area contributed by atoms with Crippen molar-refractivity contribution in [3.05, 3.63) is 12.1 Å². The van der Waals surface area contributed by atoms with E-state index in [-0.39, 0.29) is 36.6 Å². The molecule has 0 spiro atoms. The minimum absolute atomic E-state index is 0. The van der Waals surface area contributed by atoms with E-state index in [0.29, 0.717) is 10.3 Å². The van der Waals surface area contributed by atoms with Crippen molar-refractivity contribution in [2.24, 2.45) is 0 Å². The Labute approximate surface area is 219 Å². The Hall–Kier alpha value is -1.56. The van der Waals surface area contributed by atoms with Crippen LogP contribution in [0, 0.1) is 0 Å². The first-order chi connectivity index (χ1) is 15.5. The van der Waals surface area contributed by atoms with Crippen LogP contribution < -0.4 is 10.0 Å². The van der Waals surface area contributed by atoms with Gasteiger partial charge in [-0.2, -0.15) is 0 Å². The number of carbonyl (C=O) groups excluding carboxylic acids is 2. The molecule has 34 heavy (non-hydrogen) atoms. The van der Waals surface area contributed by atoms with Gasteiger partial charge in [0.25, 0.3) is 0 Å². The first-order valence-electron chi connectivity index (χ1n) is 11.3. The molecular weight excluding hydrogens is 515 g/mol. The lowest BCUT2D eigenvalue weighted by atomic mass is 10.2. The number of benzene rings is 1. The molecule has 0 N–H and O–H groups in total. The Morgan fingerprint density at radius 2 is 1.09 bits per heavy atom. The summed E-state index contributed by atoms with van der Waals surface area (Å²) in [5.41, 5.74) is 1.68. The van der Waals surface area contributed by atoms with Gasteiger partial charge in [0.15, 0.2) is 0 Å². The van der Waals surface area contributed by atoms with E-state index in [0.717, 1.165) is 72.3 Å². The summed E-state index contributed by atoms with van der Waals surface area (Å²) in [6, 6.07) is 4.07. The van der Waals surface area contributed by atoms with Gasteiger partial charge in [-0.15, -0.1) is 24.8 Å². The lowest BCUT2D eigenvalue weighted by Gasteiger charge is -2.34. The van der Waals surface area contributed by atoms with Crippen LogP contribution in [0.1, 0.15) is 52.4 Å². The zero-order chi connectivity index (χ0) is 22.2. The average molecular weight is 546 g/mol. The molecule has 5 rings (SSSR count). The lowest BCUT2D eigenvalue weighted by molar-refractivity contribution is -0.120. The number of nitrogens with zero attached hydrogens (tertiary/aromatic N) is 6. The fourth-order valence-electron chi connectivity index (χ4n) is 4.57. The van der Waals surface area contributed by atoms with Gasteiger partial charge in [-0.1, -0.05) is 35.5 Å². The standard InChI is InChI=1S/C22H28N6O2S2.2ClH/c1-15(29)27(25-9-5-3-6-10-25)21-23-17-13-18-20(14-19(17)31-21)32-22(24-18)28(16(2)30)26-11-7-4-8-12-26;;/h13-14H,3-12H2,1-2H3;2*1H. The average Bonchev–Trinajstić information content (AvgIpc) is 3.35. The van der Waals surface area contributed by atoms with Gasteiger partial charge in [0.05, 0.1) is 20.4 Å². The van der Waals surface area contributed by atoms with E-state index in [1.165, 1.54) is 35.5 Å². The topological polar surface area (TPSA) is 72.9 Å². The molecule has 2 amide bonds. The number of piperidine rings is 2. The molecule has 1 aromatic carbocycles. The van der Waals surface area contributed by atoms with Crippen molar-refractivity contribution in [3.63, 3.8) is 0 Å². The molecular formula is C22H30Cl2N6O2S2. The fraction of sp³-hybridized carbons (Fsp3) is 0.545. The van der Waals surface area contributed by atoms with Gasteiger partial charge in [0, 0.05) is 40.0 Å². The lowest BCUT2D eigenvalue weighted by Crippen LogP contribution is -2.48. The van der Waals surface area contributed by atoms with Crippen molar-refractivity contribution in [2.45, 2.75) is 52.4 Å². The molecule has 2 fully saturated rings. The van der Waals surface area contributed by atoms with Crippen molar-refractivity contribution in [3.8, 4) is 0 Å². The molecule has 4 heterocycles. The highest BCUT2D eigenvalue weighted by Crippen LogP contribution is 2.37. The second-order valence-corrected chi connectivity index (χ2v) is 10.5. The number of fused-ring (bicyclic) bond motifs is 2. The number of hydrogen-bond donors (Lipinski definition) is 0. The molecule has 0 bridgehead atoms. The quantitative estimate of drug-likeness (QED) is 0.446. The van der Waals surface area contributed by atoms with Crippen molar-refractivity contribution >= 4 is 90.0 Å². The third-order valence-corrected chi connectivity index (χ3v) is 8.05. The molecule has 2 aliphatic heterocycles. The minimum Gasteiger partial charge on any atom is -0.273 e. The monoisotopic (exact) mass is 544 g/mol. The van der Waals surface area contributed by atoms with E-state index in [9.17, 15) is 9.59 Å². The summed E-state index contributed by atoms with van der Waals surface area (Å²) in [6.45, 7) is 6.73. The van der Waals surface area contributed by atoms with Crippen LogP contribution in [-0.4, -0.2) is 58.0 Å². The highest BCUT2D eigenvalue weighted by Gasteiger charge is 2.27. The number of hydrazine groups is 2. The molecule has 0 atom stereocenters. The van der Waals surface area contributed by atoms with Gasteiger partial charge in [-0.3, -0.25) is 9.59 Å². The molecule has 3 aromatic rings. The molecule has 2 saturated heterocycles. The normalized spacial score (nSPS) is 17.2. The Bertz CT molecular complexity index is 1020. The largest absolute Gasteiger partial charge is 0.273 e. The third-order valence-electron chi connectivity index (χ3n) is 6.06. The van der Waals surface area contributed by atoms with Gasteiger partial charge in [-0.05, 0) is 37.8 Å². The van der Waals surface area contributed by atoms with E-state index in [4.69, 9.17) is 9.97 Å². The maximum absolute atomic E-state index is 12.4. The summed E-state index contributed by atoms with van der Waals surface area (Å²) in [6.07, 6.45) is 6.81. The van der Waals surface area contributed by atoms with Crippen LogP contribution in [0.2, 0.25) is 0 Å². The van der Waals surface area contributed by atoms with Gasteiger partial charge in [-0.25, -0.2) is 30.0 Å². The number of amides is 2. The molecule has 0 radical (unpaired) electrons. The smallest absolute Gasteiger partial charge is 0.240 e. The van der Waals surface area contributed by atoms with Crippen LogP contribution in [0.5, 0.6) is 0 Å². The molecule has 2 aliphatic rings. The molecule has 12 heteroatoms. The number of anilines is 2. The highest BCUT2D eigenvalue weighted by atomic mass is 35.5. The summed E-state index contributed by atoms with van der Waals surface area (Å²) in [5, 5.41) is 9.14. The predicted octanol–water partition coefficient (Wildman–Crippen LogP) is 5.26. The zero-order valence-electron chi connectivity index (χ0n) is 19.4.